The molecule has 7 nitrogen and oxygen atoms in total. The predicted molar refractivity (Wildman–Crippen MR) is 94.4 cm³/mol. The molecule has 4 heterocycles. The average Bonchev–Trinajstić information content (AvgIpc) is 3.23. The first kappa shape index (κ1) is 15.6. The lowest BCUT2D eigenvalue weighted by Gasteiger charge is -2.01. The van der Waals surface area contributed by atoms with Gasteiger partial charge in [0.15, 0.2) is 18.0 Å². The highest BCUT2D eigenvalue weighted by molar-refractivity contribution is 7.93. The van der Waals surface area contributed by atoms with E-state index in [1.807, 2.05) is 12.1 Å². The Kier molecular flexibility index (Phi) is 3.85. The number of nitrogens with zero attached hydrogens (tertiary/aromatic N) is 5. The van der Waals surface area contributed by atoms with Gasteiger partial charge in [0.2, 0.25) is 5.91 Å². The minimum atomic E-state index is -0.139. The van der Waals surface area contributed by atoms with E-state index in [2.05, 4.69) is 20.4 Å². The van der Waals surface area contributed by atoms with Gasteiger partial charge in [-0.3, -0.25) is 14.5 Å². The molecule has 0 radical (unpaired) electrons. The second-order valence-electron chi connectivity index (χ2n) is 5.42. The molecule has 9 heteroatoms. The molecule has 0 aromatic carbocycles. The van der Waals surface area contributed by atoms with Crippen LogP contribution in [0.25, 0.3) is 33.2 Å². The van der Waals surface area contributed by atoms with Crippen molar-refractivity contribution in [3.63, 3.8) is 0 Å². The monoisotopic (exact) mass is 356 g/mol. The largest absolute Gasteiger partial charge is 0.358 e. The van der Waals surface area contributed by atoms with Gasteiger partial charge in [0.05, 0.1) is 17.4 Å². The number of aromatic nitrogens is 5. The van der Waals surface area contributed by atoms with Crippen molar-refractivity contribution in [3.05, 3.63) is 43.0 Å². The third-order valence-electron chi connectivity index (χ3n) is 3.96. The number of nitrogens with one attached hydrogen (secondary N) is 1. The first-order chi connectivity index (χ1) is 12.2. The van der Waals surface area contributed by atoms with Gasteiger partial charge >= 0.3 is 0 Å². The molecule has 25 heavy (non-hydrogen) atoms. The lowest BCUT2D eigenvalue weighted by Crippen LogP contribution is -2.23. The maximum Gasteiger partial charge on any atom is 0.241 e. The third-order valence-corrected chi connectivity index (χ3v) is 4.46. The summed E-state index contributed by atoms with van der Waals surface area (Å²) < 4.78 is 16.5. The van der Waals surface area contributed by atoms with E-state index in [0.717, 1.165) is 21.9 Å². The minimum absolute atomic E-state index is 0.108. The molecule has 0 aliphatic heterocycles. The van der Waals surface area contributed by atoms with Gasteiger partial charge in [-0.15, -0.1) is 3.89 Å². The second-order valence-corrected chi connectivity index (χ2v) is 5.93. The van der Waals surface area contributed by atoms with Crippen LogP contribution in [0.4, 0.5) is 3.89 Å². The van der Waals surface area contributed by atoms with Crippen molar-refractivity contribution in [2.75, 3.05) is 7.05 Å². The van der Waals surface area contributed by atoms with Crippen molar-refractivity contribution < 1.29 is 8.68 Å². The van der Waals surface area contributed by atoms with E-state index in [4.69, 9.17) is 0 Å². The molecule has 0 spiro atoms. The molecule has 0 fully saturated rings. The fourth-order valence-corrected chi connectivity index (χ4v) is 3.18. The average molecular weight is 356 g/mol. The molecule has 0 unspecified atom stereocenters. The van der Waals surface area contributed by atoms with Crippen LogP contribution in [-0.2, 0) is 11.3 Å². The Hall–Kier alpha value is -2.94. The van der Waals surface area contributed by atoms with Gasteiger partial charge in [0, 0.05) is 42.0 Å². The quantitative estimate of drug-likeness (QED) is 0.608. The van der Waals surface area contributed by atoms with E-state index in [1.165, 1.54) is 8.65 Å². The Morgan fingerprint density at radius 2 is 2.16 bits per heavy atom. The van der Waals surface area contributed by atoms with Crippen molar-refractivity contribution >= 4 is 40.2 Å². The van der Waals surface area contributed by atoms with Gasteiger partial charge in [-0.1, -0.05) is 0 Å². The van der Waals surface area contributed by atoms with Crippen molar-refractivity contribution in [2.45, 2.75) is 6.54 Å². The van der Waals surface area contributed by atoms with Crippen LogP contribution >= 0.6 is 12.3 Å². The van der Waals surface area contributed by atoms with Crippen LogP contribution in [-0.4, -0.2) is 36.7 Å². The number of likely N-dealkylation sites (N-methyl/N-ethyl adjacent to an activating group) is 1. The molecule has 0 saturated heterocycles. The first-order valence-electron chi connectivity index (χ1n) is 7.49. The minimum Gasteiger partial charge on any atom is -0.358 e. The standard InChI is InChI=1S/C16H13FN6OS/c1-18-15(24)9-22-8-10(6-20-22)13-3-2-11-12-7-19-5-4-14(12)23(25-17)16(11)21-13/h2-8H,9H2,1H3,(H,18,24). The molecular weight excluding hydrogens is 343 g/mol. The van der Waals surface area contributed by atoms with E-state index in [9.17, 15) is 8.68 Å². The lowest BCUT2D eigenvalue weighted by molar-refractivity contribution is -0.121. The molecular formula is C16H13FN6OS. The van der Waals surface area contributed by atoms with Crippen LogP contribution in [0.3, 0.4) is 0 Å². The zero-order valence-corrected chi connectivity index (χ0v) is 14.0. The van der Waals surface area contributed by atoms with Gasteiger partial charge in [0.25, 0.3) is 0 Å². The molecule has 0 aliphatic rings. The fourth-order valence-electron chi connectivity index (χ4n) is 2.74. The first-order valence-corrected chi connectivity index (χ1v) is 8.16. The van der Waals surface area contributed by atoms with Crippen molar-refractivity contribution in [1.29, 1.82) is 0 Å². The predicted octanol–water partition coefficient (Wildman–Crippen LogP) is 2.57. The summed E-state index contributed by atoms with van der Waals surface area (Å²) in [7, 11) is 1.57. The Balaban J connectivity index is 1.81. The third kappa shape index (κ3) is 2.62. The molecule has 4 rings (SSSR count). The number of amides is 1. The number of carbonyl (C=O) groups is 1. The zero-order chi connectivity index (χ0) is 17.4. The Morgan fingerprint density at radius 1 is 1.28 bits per heavy atom. The van der Waals surface area contributed by atoms with E-state index in [0.29, 0.717) is 11.3 Å². The Bertz CT molecular complexity index is 1090. The van der Waals surface area contributed by atoms with Crippen LogP contribution in [0.15, 0.2) is 43.0 Å². The summed E-state index contributed by atoms with van der Waals surface area (Å²) in [5.74, 6) is -0.139. The van der Waals surface area contributed by atoms with Crippen LogP contribution in [0.1, 0.15) is 0 Å². The summed E-state index contributed by atoms with van der Waals surface area (Å²) in [5.41, 5.74) is 2.65. The van der Waals surface area contributed by atoms with Crippen molar-refractivity contribution in [3.8, 4) is 11.3 Å². The number of rotatable bonds is 4. The summed E-state index contributed by atoms with van der Waals surface area (Å²) in [6.07, 6.45) is 6.69. The number of carbonyl (C=O) groups excluding carboxylic acids is 1. The van der Waals surface area contributed by atoms with Crippen LogP contribution in [0, 0.1) is 0 Å². The number of fused-ring (bicyclic) bond motifs is 3. The molecule has 0 aliphatic carbocycles. The van der Waals surface area contributed by atoms with Crippen LogP contribution in [0.5, 0.6) is 0 Å². The summed E-state index contributed by atoms with van der Waals surface area (Å²) in [6, 6.07) is 5.50. The van der Waals surface area contributed by atoms with Crippen molar-refractivity contribution in [2.24, 2.45) is 0 Å². The highest BCUT2D eigenvalue weighted by Gasteiger charge is 2.14. The number of halogens is 1. The smallest absolute Gasteiger partial charge is 0.241 e. The summed E-state index contributed by atoms with van der Waals surface area (Å²) in [5, 5.41) is 8.39. The molecule has 126 valence electrons. The molecule has 4 aromatic rings. The van der Waals surface area contributed by atoms with Gasteiger partial charge in [-0.2, -0.15) is 5.10 Å². The summed E-state index contributed by atoms with van der Waals surface area (Å²) >= 11 is 0.108. The van der Waals surface area contributed by atoms with E-state index in [1.54, 1.807) is 37.9 Å². The number of hydrogen-bond acceptors (Lipinski definition) is 5. The van der Waals surface area contributed by atoms with Crippen LogP contribution < -0.4 is 5.32 Å². The molecule has 1 N–H and O–H groups in total. The second kappa shape index (κ2) is 6.17. The highest BCUT2D eigenvalue weighted by atomic mass is 32.2. The SMILES string of the molecule is CNC(=O)Cn1cc(-c2ccc3c4cnccc4n(SF)c3n2)cn1. The summed E-state index contributed by atoms with van der Waals surface area (Å²) in [6.45, 7) is 0.130. The Morgan fingerprint density at radius 3 is 2.96 bits per heavy atom. The van der Waals surface area contributed by atoms with Gasteiger partial charge in [0.1, 0.15) is 6.54 Å². The molecule has 0 atom stereocenters. The van der Waals surface area contributed by atoms with E-state index in [-0.39, 0.29) is 24.8 Å². The number of hydrogen-bond donors (Lipinski definition) is 1. The molecule has 0 bridgehead atoms. The lowest BCUT2D eigenvalue weighted by atomic mass is 10.2. The number of pyridine rings is 2. The van der Waals surface area contributed by atoms with E-state index < -0.39 is 0 Å². The molecule has 1 amide bonds. The highest BCUT2D eigenvalue weighted by Crippen LogP contribution is 2.32. The van der Waals surface area contributed by atoms with E-state index >= 15 is 0 Å². The van der Waals surface area contributed by atoms with Crippen LogP contribution in [0.2, 0.25) is 0 Å². The maximum atomic E-state index is 13.5. The molecule has 4 aromatic heterocycles. The molecule has 0 saturated carbocycles. The normalized spacial score (nSPS) is 11.3. The van der Waals surface area contributed by atoms with Gasteiger partial charge in [-0.05, 0) is 18.2 Å². The van der Waals surface area contributed by atoms with Gasteiger partial charge in [-0.25, -0.2) is 8.96 Å². The Labute approximate surface area is 146 Å². The van der Waals surface area contributed by atoms with Crippen molar-refractivity contribution in [1.82, 2.24) is 29.0 Å². The maximum absolute atomic E-state index is 13.5. The zero-order valence-electron chi connectivity index (χ0n) is 13.2. The topological polar surface area (TPSA) is 77.6 Å². The summed E-state index contributed by atoms with van der Waals surface area (Å²) in [4.78, 5) is 20.1. The van der Waals surface area contributed by atoms with Gasteiger partial charge < -0.3 is 5.32 Å². The fraction of sp³-hybridized carbons (Fsp3) is 0.125.